The number of ether oxygens (including phenoxy) is 2. The van der Waals surface area contributed by atoms with Crippen molar-refractivity contribution in [2.24, 2.45) is 0 Å². The molecule has 2 aromatic rings. The molecule has 0 bridgehead atoms. The minimum atomic E-state index is 0.0316. The molecular formula is C15H14Br2O3. The molecule has 0 fully saturated rings. The Labute approximate surface area is 134 Å². The number of halogens is 2. The Kier molecular flexibility index (Phi) is 5.07. The average molecular weight is 402 g/mol. The highest BCUT2D eigenvalue weighted by molar-refractivity contribution is 9.11. The van der Waals surface area contributed by atoms with Crippen LogP contribution in [0.3, 0.4) is 0 Å². The summed E-state index contributed by atoms with van der Waals surface area (Å²) < 4.78 is 12.7. The van der Waals surface area contributed by atoms with Crippen molar-refractivity contribution in [3.63, 3.8) is 0 Å². The van der Waals surface area contributed by atoms with E-state index in [0.717, 1.165) is 31.6 Å². The Morgan fingerprint density at radius 1 is 1.05 bits per heavy atom. The molecule has 0 amide bonds. The van der Waals surface area contributed by atoms with Crippen LogP contribution in [0.4, 0.5) is 0 Å². The molecule has 0 saturated heterocycles. The van der Waals surface area contributed by atoms with Crippen LogP contribution in [0, 0.1) is 6.92 Å². The normalized spacial score (nSPS) is 10.4. The second-order valence-corrected chi connectivity index (χ2v) is 5.97. The largest absolute Gasteiger partial charge is 0.496 e. The van der Waals surface area contributed by atoms with Crippen molar-refractivity contribution in [2.45, 2.75) is 13.5 Å². The second-order valence-electron chi connectivity index (χ2n) is 4.27. The first kappa shape index (κ1) is 15.4. The van der Waals surface area contributed by atoms with Crippen LogP contribution in [0.15, 0.2) is 39.3 Å². The van der Waals surface area contributed by atoms with Gasteiger partial charge in [0.1, 0.15) is 17.2 Å². The molecule has 5 heteroatoms. The molecule has 2 aromatic carbocycles. The highest BCUT2D eigenvalue weighted by Gasteiger charge is 2.10. The van der Waals surface area contributed by atoms with Gasteiger partial charge < -0.3 is 14.6 Å². The van der Waals surface area contributed by atoms with Crippen molar-refractivity contribution in [3.05, 3.63) is 50.4 Å². The Balaban J connectivity index is 2.30. The highest BCUT2D eigenvalue weighted by atomic mass is 79.9. The lowest BCUT2D eigenvalue weighted by Gasteiger charge is -2.12. The molecule has 0 unspecified atom stereocenters. The molecule has 0 radical (unpaired) electrons. The summed E-state index contributed by atoms with van der Waals surface area (Å²) in [6, 6.07) is 9.28. The van der Waals surface area contributed by atoms with Gasteiger partial charge in [0, 0.05) is 0 Å². The third kappa shape index (κ3) is 3.34. The summed E-state index contributed by atoms with van der Waals surface area (Å²) in [7, 11) is 1.62. The van der Waals surface area contributed by atoms with E-state index in [2.05, 4.69) is 31.9 Å². The lowest BCUT2D eigenvalue weighted by molar-refractivity contribution is 0.281. The number of benzene rings is 2. The number of aryl methyl sites for hydroxylation is 1. The third-order valence-corrected chi connectivity index (χ3v) is 4.16. The molecule has 106 valence electrons. The maximum Gasteiger partial charge on any atom is 0.143 e. The van der Waals surface area contributed by atoms with Crippen molar-refractivity contribution in [3.8, 4) is 17.2 Å². The van der Waals surface area contributed by atoms with Gasteiger partial charge in [0.25, 0.3) is 0 Å². The average Bonchev–Trinajstić information content (AvgIpc) is 2.42. The smallest absolute Gasteiger partial charge is 0.143 e. The van der Waals surface area contributed by atoms with E-state index in [1.807, 2.05) is 37.3 Å². The van der Waals surface area contributed by atoms with E-state index in [-0.39, 0.29) is 6.61 Å². The molecule has 0 aliphatic carbocycles. The first-order valence-electron chi connectivity index (χ1n) is 5.96. The molecule has 20 heavy (non-hydrogen) atoms. The zero-order valence-corrected chi connectivity index (χ0v) is 14.3. The topological polar surface area (TPSA) is 38.7 Å². The number of hydrogen-bond donors (Lipinski definition) is 1. The molecule has 0 spiro atoms. The van der Waals surface area contributed by atoms with E-state index in [0.29, 0.717) is 5.75 Å². The summed E-state index contributed by atoms with van der Waals surface area (Å²) in [5.74, 6) is 2.14. The maximum absolute atomic E-state index is 9.17. The van der Waals surface area contributed by atoms with Crippen LogP contribution in [0.2, 0.25) is 0 Å². The van der Waals surface area contributed by atoms with Crippen LogP contribution < -0.4 is 9.47 Å². The number of aliphatic hydroxyl groups is 1. The minimum absolute atomic E-state index is 0.0316. The zero-order valence-electron chi connectivity index (χ0n) is 11.1. The van der Waals surface area contributed by atoms with Crippen molar-refractivity contribution < 1.29 is 14.6 Å². The number of methoxy groups -OCH3 is 1. The van der Waals surface area contributed by atoms with Gasteiger partial charge in [0.2, 0.25) is 0 Å². The third-order valence-electron chi connectivity index (χ3n) is 2.92. The summed E-state index contributed by atoms with van der Waals surface area (Å²) >= 11 is 6.89. The fraction of sp³-hybridized carbons (Fsp3) is 0.200. The van der Waals surface area contributed by atoms with Gasteiger partial charge in [0.15, 0.2) is 0 Å². The fourth-order valence-corrected chi connectivity index (χ4v) is 2.67. The first-order valence-corrected chi connectivity index (χ1v) is 7.55. The van der Waals surface area contributed by atoms with Crippen molar-refractivity contribution in [1.82, 2.24) is 0 Å². The van der Waals surface area contributed by atoms with Crippen molar-refractivity contribution in [1.29, 1.82) is 0 Å². The van der Waals surface area contributed by atoms with Crippen LogP contribution in [0.1, 0.15) is 11.1 Å². The second kappa shape index (κ2) is 6.61. The van der Waals surface area contributed by atoms with Crippen LogP contribution in [0.25, 0.3) is 0 Å². The molecule has 0 saturated carbocycles. The highest BCUT2D eigenvalue weighted by Crippen LogP contribution is 2.38. The van der Waals surface area contributed by atoms with Crippen molar-refractivity contribution >= 4 is 31.9 Å². The van der Waals surface area contributed by atoms with E-state index in [1.54, 1.807) is 7.11 Å². The van der Waals surface area contributed by atoms with E-state index in [1.165, 1.54) is 0 Å². The van der Waals surface area contributed by atoms with Gasteiger partial charge in [-0.1, -0.05) is 6.07 Å². The Hall–Kier alpha value is -1.04. The first-order chi connectivity index (χ1) is 9.55. The van der Waals surface area contributed by atoms with Crippen LogP contribution in [0.5, 0.6) is 17.2 Å². The Morgan fingerprint density at radius 3 is 2.30 bits per heavy atom. The Morgan fingerprint density at radius 2 is 1.70 bits per heavy atom. The fourth-order valence-electron chi connectivity index (χ4n) is 1.78. The molecule has 0 atom stereocenters. The molecule has 3 nitrogen and oxygen atoms in total. The molecule has 1 N–H and O–H groups in total. The monoisotopic (exact) mass is 400 g/mol. The number of aliphatic hydroxyl groups excluding tert-OH is 1. The lowest BCUT2D eigenvalue weighted by atomic mass is 10.1. The molecule has 0 aliphatic heterocycles. The van der Waals surface area contributed by atoms with Gasteiger partial charge in [-0.2, -0.15) is 0 Å². The van der Waals surface area contributed by atoms with Gasteiger partial charge >= 0.3 is 0 Å². The van der Waals surface area contributed by atoms with E-state index < -0.39 is 0 Å². The predicted molar refractivity (Wildman–Crippen MR) is 85.6 cm³/mol. The molecule has 0 heterocycles. The van der Waals surface area contributed by atoms with E-state index in [9.17, 15) is 0 Å². The van der Waals surface area contributed by atoms with Crippen LogP contribution >= 0.6 is 31.9 Å². The quantitative estimate of drug-likeness (QED) is 0.798. The summed E-state index contributed by atoms with van der Waals surface area (Å²) in [5, 5.41) is 9.17. The van der Waals surface area contributed by atoms with E-state index >= 15 is 0 Å². The molecule has 2 rings (SSSR count). The summed E-state index contributed by atoms with van der Waals surface area (Å²) in [5.41, 5.74) is 1.89. The van der Waals surface area contributed by atoms with Gasteiger partial charge in [-0.25, -0.2) is 0 Å². The number of rotatable bonds is 4. The number of hydrogen-bond acceptors (Lipinski definition) is 3. The predicted octanol–water partition coefficient (Wildman–Crippen LogP) is 4.81. The summed E-state index contributed by atoms with van der Waals surface area (Å²) in [6.07, 6.45) is 0. The van der Waals surface area contributed by atoms with Crippen molar-refractivity contribution in [2.75, 3.05) is 7.11 Å². The van der Waals surface area contributed by atoms with Crippen LogP contribution in [-0.2, 0) is 6.61 Å². The molecular weight excluding hydrogens is 388 g/mol. The standard InChI is InChI=1S/C15H14Br2O3/c1-9-5-11(4-3-10(9)8-18)20-15-7-12(16)14(19-2)6-13(15)17/h3-7,18H,8H2,1-2H3. The molecule has 0 aliphatic rings. The Bertz CT molecular complexity index is 627. The zero-order chi connectivity index (χ0) is 14.7. The summed E-state index contributed by atoms with van der Waals surface area (Å²) in [6.45, 7) is 1.97. The SMILES string of the molecule is COc1cc(Br)c(Oc2ccc(CO)c(C)c2)cc1Br. The minimum Gasteiger partial charge on any atom is -0.496 e. The molecule has 0 aromatic heterocycles. The maximum atomic E-state index is 9.17. The van der Waals surface area contributed by atoms with E-state index in [4.69, 9.17) is 14.6 Å². The van der Waals surface area contributed by atoms with Gasteiger partial charge in [-0.05, 0) is 74.2 Å². The van der Waals surface area contributed by atoms with Crippen LogP contribution in [-0.4, -0.2) is 12.2 Å². The van der Waals surface area contributed by atoms with Gasteiger partial charge in [0.05, 0.1) is 22.7 Å². The lowest BCUT2D eigenvalue weighted by Crippen LogP contribution is -1.92. The van der Waals surface area contributed by atoms with Gasteiger partial charge in [-0.3, -0.25) is 0 Å². The van der Waals surface area contributed by atoms with Gasteiger partial charge in [-0.15, -0.1) is 0 Å². The summed E-state index contributed by atoms with van der Waals surface area (Å²) in [4.78, 5) is 0.